The Balaban J connectivity index is 2.41. The molecule has 5 nitrogen and oxygen atoms in total. The Morgan fingerprint density at radius 2 is 1.70 bits per heavy atom. The quantitative estimate of drug-likeness (QED) is 0.708. The SMILES string of the molecule is CN[C@@H](CCC(C)C)C(=O)O[C@H](C)C(=O)OCc1ccccc1. The number of likely N-dealkylation sites (N-methyl/N-ethyl adjacent to an activating group) is 1. The highest BCUT2D eigenvalue weighted by atomic mass is 16.6. The van der Waals surface area contributed by atoms with Crippen LogP contribution in [0.25, 0.3) is 0 Å². The summed E-state index contributed by atoms with van der Waals surface area (Å²) in [5.41, 5.74) is 0.893. The van der Waals surface area contributed by atoms with Gasteiger partial charge in [-0.05, 0) is 38.3 Å². The maximum absolute atomic E-state index is 12.1. The molecule has 128 valence electrons. The van der Waals surface area contributed by atoms with Crippen molar-refractivity contribution in [2.75, 3.05) is 7.05 Å². The lowest BCUT2D eigenvalue weighted by Crippen LogP contribution is -2.39. The molecular formula is C18H27NO4. The van der Waals surface area contributed by atoms with Gasteiger partial charge in [-0.2, -0.15) is 0 Å². The molecule has 5 heteroatoms. The Hall–Kier alpha value is -1.88. The van der Waals surface area contributed by atoms with E-state index in [0.29, 0.717) is 12.3 Å². The third-order valence-electron chi connectivity index (χ3n) is 3.51. The van der Waals surface area contributed by atoms with E-state index in [-0.39, 0.29) is 6.61 Å². The van der Waals surface area contributed by atoms with Crippen molar-refractivity contribution in [2.45, 2.75) is 52.4 Å². The Labute approximate surface area is 138 Å². The van der Waals surface area contributed by atoms with E-state index in [1.165, 1.54) is 6.92 Å². The molecule has 0 fully saturated rings. The number of carbonyl (C=O) groups excluding carboxylic acids is 2. The van der Waals surface area contributed by atoms with Crippen LogP contribution < -0.4 is 5.32 Å². The summed E-state index contributed by atoms with van der Waals surface area (Å²) in [6.45, 7) is 5.90. The van der Waals surface area contributed by atoms with Crippen molar-refractivity contribution in [3.8, 4) is 0 Å². The fourth-order valence-corrected chi connectivity index (χ4v) is 2.03. The predicted octanol–water partition coefficient (Wildman–Crippen LogP) is 2.69. The Kier molecular flexibility index (Phi) is 8.33. The summed E-state index contributed by atoms with van der Waals surface area (Å²) in [5, 5.41) is 2.93. The van der Waals surface area contributed by atoms with Gasteiger partial charge in [-0.3, -0.25) is 4.79 Å². The first-order valence-corrected chi connectivity index (χ1v) is 8.02. The predicted molar refractivity (Wildman–Crippen MR) is 88.7 cm³/mol. The molecular weight excluding hydrogens is 294 g/mol. The van der Waals surface area contributed by atoms with Crippen molar-refractivity contribution in [1.82, 2.24) is 5.32 Å². The first kappa shape index (κ1) is 19.2. The summed E-state index contributed by atoms with van der Waals surface area (Å²) in [7, 11) is 1.71. The largest absolute Gasteiger partial charge is 0.458 e. The minimum absolute atomic E-state index is 0.171. The summed E-state index contributed by atoms with van der Waals surface area (Å²) >= 11 is 0. The summed E-state index contributed by atoms with van der Waals surface area (Å²) in [4.78, 5) is 24.0. The van der Waals surface area contributed by atoms with Gasteiger partial charge < -0.3 is 14.8 Å². The highest BCUT2D eigenvalue weighted by Gasteiger charge is 2.24. The Morgan fingerprint density at radius 3 is 2.26 bits per heavy atom. The second-order valence-electron chi connectivity index (χ2n) is 5.98. The number of carbonyl (C=O) groups is 2. The van der Waals surface area contributed by atoms with E-state index in [0.717, 1.165) is 12.0 Å². The van der Waals surface area contributed by atoms with Gasteiger partial charge in [0, 0.05) is 0 Å². The van der Waals surface area contributed by atoms with Crippen LogP contribution in [0.15, 0.2) is 30.3 Å². The van der Waals surface area contributed by atoms with E-state index in [1.54, 1.807) is 7.05 Å². The third kappa shape index (κ3) is 7.28. The maximum Gasteiger partial charge on any atom is 0.347 e. The van der Waals surface area contributed by atoms with E-state index in [4.69, 9.17) is 9.47 Å². The van der Waals surface area contributed by atoms with Gasteiger partial charge in [0.2, 0.25) is 0 Å². The molecule has 0 heterocycles. The topological polar surface area (TPSA) is 64.6 Å². The zero-order valence-corrected chi connectivity index (χ0v) is 14.4. The fourth-order valence-electron chi connectivity index (χ4n) is 2.03. The lowest BCUT2D eigenvalue weighted by molar-refractivity contribution is -0.168. The van der Waals surface area contributed by atoms with Crippen molar-refractivity contribution in [3.63, 3.8) is 0 Å². The lowest BCUT2D eigenvalue weighted by Gasteiger charge is -2.19. The van der Waals surface area contributed by atoms with E-state index in [9.17, 15) is 9.59 Å². The van der Waals surface area contributed by atoms with Gasteiger partial charge in [0.1, 0.15) is 12.6 Å². The summed E-state index contributed by atoms with van der Waals surface area (Å²) in [6.07, 6.45) is 0.674. The Bertz CT molecular complexity index is 487. The van der Waals surface area contributed by atoms with Gasteiger partial charge in [0.25, 0.3) is 0 Å². The van der Waals surface area contributed by atoms with Crippen LogP contribution in [-0.2, 0) is 25.7 Å². The molecule has 0 spiro atoms. The summed E-state index contributed by atoms with van der Waals surface area (Å²) in [5.74, 6) is -0.454. The van der Waals surface area contributed by atoms with E-state index in [2.05, 4.69) is 19.2 Å². The van der Waals surface area contributed by atoms with E-state index in [1.807, 2.05) is 30.3 Å². The van der Waals surface area contributed by atoms with Gasteiger partial charge >= 0.3 is 11.9 Å². The number of esters is 2. The van der Waals surface area contributed by atoms with Gasteiger partial charge in [0.05, 0.1) is 0 Å². The third-order valence-corrected chi connectivity index (χ3v) is 3.51. The number of hydrogen-bond acceptors (Lipinski definition) is 5. The smallest absolute Gasteiger partial charge is 0.347 e. The molecule has 0 unspecified atom stereocenters. The van der Waals surface area contributed by atoms with Crippen LogP contribution in [0, 0.1) is 5.92 Å². The zero-order valence-electron chi connectivity index (χ0n) is 14.4. The number of ether oxygens (including phenoxy) is 2. The maximum atomic E-state index is 12.1. The van der Waals surface area contributed by atoms with Crippen LogP contribution in [0.4, 0.5) is 0 Å². The van der Waals surface area contributed by atoms with Gasteiger partial charge in [0.15, 0.2) is 6.10 Å². The first-order chi connectivity index (χ1) is 10.9. The summed E-state index contributed by atoms with van der Waals surface area (Å²) < 4.78 is 10.4. The van der Waals surface area contributed by atoms with Crippen LogP contribution in [0.2, 0.25) is 0 Å². The molecule has 0 bridgehead atoms. The van der Waals surface area contributed by atoms with Gasteiger partial charge in [-0.15, -0.1) is 0 Å². The van der Waals surface area contributed by atoms with Crippen molar-refractivity contribution in [3.05, 3.63) is 35.9 Å². The molecule has 0 aliphatic rings. The van der Waals surface area contributed by atoms with Crippen LogP contribution in [0.1, 0.15) is 39.2 Å². The normalized spacial score (nSPS) is 13.4. The monoisotopic (exact) mass is 321 g/mol. The fraction of sp³-hybridized carbons (Fsp3) is 0.556. The van der Waals surface area contributed by atoms with Crippen molar-refractivity contribution in [2.24, 2.45) is 5.92 Å². The molecule has 0 saturated carbocycles. The number of rotatable bonds is 9. The molecule has 1 aromatic carbocycles. The first-order valence-electron chi connectivity index (χ1n) is 8.02. The molecule has 0 saturated heterocycles. The van der Waals surface area contributed by atoms with Gasteiger partial charge in [-0.1, -0.05) is 44.2 Å². The second kappa shape index (κ2) is 10.0. The van der Waals surface area contributed by atoms with Crippen LogP contribution in [0.5, 0.6) is 0 Å². The van der Waals surface area contributed by atoms with Crippen LogP contribution >= 0.6 is 0 Å². The minimum Gasteiger partial charge on any atom is -0.458 e. The van der Waals surface area contributed by atoms with Crippen molar-refractivity contribution in [1.29, 1.82) is 0 Å². The highest BCUT2D eigenvalue weighted by molar-refractivity contribution is 5.81. The highest BCUT2D eigenvalue weighted by Crippen LogP contribution is 2.10. The molecule has 0 aliphatic carbocycles. The molecule has 0 amide bonds. The lowest BCUT2D eigenvalue weighted by atomic mass is 10.0. The minimum atomic E-state index is -0.916. The van der Waals surface area contributed by atoms with Crippen molar-refractivity contribution >= 4 is 11.9 Å². The number of benzene rings is 1. The number of hydrogen-bond donors (Lipinski definition) is 1. The molecule has 23 heavy (non-hydrogen) atoms. The summed E-state index contributed by atoms with van der Waals surface area (Å²) in [6, 6.07) is 8.98. The average Bonchev–Trinajstić information content (AvgIpc) is 2.53. The van der Waals surface area contributed by atoms with E-state index < -0.39 is 24.1 Å². The Morgan fingerprint density at radius 1 is 1.04 bits per heavy atom. The molecule has 1 aromatic rings. The van der Waals surface area contributed by atoms with Crippen LogP contribution in [-0.4, -0.2) is 31.1 Å². The molecule has 1 N–H and O–H groups in total. The molecule has 1 rings (SSSR count). The molecule has 0 aromatic heterocycles. The van der Waals surface area contributed by atoms with Crippen molar-refractivity contribution < 1.29 is 19.1 Å². The number of nitrogens with one attached hydrogen (secondary N) is 1. The molecule has 0 radical (unpaired) electrons. The zero-order chi connectivity index (χ0) is 17.2. The standard InChI is InChI=1S/C18H27NO4/c1-13(2)10-11-16(19-4)18(21)23-14(3)17(20)22-12-15-8-6-5-7-9-15/h5-9,13-14,16,19H,10-12H2,1-4H3/t14-,16+/m1/s1. The molecule has 0 aliphatic heterocycles. The molecule has 2 atom stereocenters. The second-order valence-corrected chi connectivity index (χ2v) is 5.98. The van der Waals surface area contributed by atoms with Gasteiger partial charge in [-0.25, -0.2) is 4.79 Å². The average molecular weight is 321 g/mol. The van der Waals surface area contributed by atoms with E-state index >= 15 is 0 Å². The van der Waals surface area contributed by atoms with Crippen LogP contribution in [0.3, 0.4) is 0 Å².